The lowest BCUT2D eigenvalue weighted by Gasteiger charge is -2.12. The highest BCUT2D eigenvalue weighted by Gasteiger charge is 2.13. The van der Waals surface area contributed by atoms with Crippen molar-refractivity contribution in [2.24, 2.45) is 0 Å². The number of rotatable bonds is 10. The molecule has 1 heterocycles. The normalized spacial score (nSPS) is 10.6. The molecule has 0 bridgehead atoms. The number of carbonyl (C=O) groups is 1. The van der Waals surface area contributed by atoms with Crippen LogP contribution in [0.3, 0.4) is 0 Å². The molecular weight excluding hydrogens is 374 g/mol. The summed E-state index contributed by atoms with van der Waals surface area (Å²) in [7, 11) is 1.56. The van der Waals surface area contributed by atoms with Crippen LogP contribution in [0.5, 0.6) is 11.5 Å². The van der Waals surface area contributed by atoms with Crippen molar-refractivity contribution in [2.45, 2.75) is 25.0 Å². The molecule has 0 amide bonds. The maximum atomic E-state index is 11.2. The molecule has 0 aliphatic rings. The van der Waals surface area contributed by atoms with Gasteiger partial charge in [0.05, 0.1) is 19.3 Å². The van der Waals surface area contributed by atoms with E-state index in [2.05, 4.69) is 33.8 Å². The number of hydrogen-bond acceptors (Lipinski definition) is 6. The third kappa shape index (κ3) is 4.72. The maximum absolute atomic E-state index is 11.2. The third-order valence-electron chi connectivity index (χ3n) is 4.23. The summed E-state index contributed by atoms with van der Waals surface area (Å²) in [6.07, 6.45) is 1.53. The Bertz CT molecular complexity index is 913. The Kier molecular flexibility index (Phi) is 7.08. The Balaban J connectivity index is 1.61. The van der Waals surface area contributed by atoms with Gasteiger partial charge >= 0.3 is 0 Å². The van der Waals surface area contributed by atoms with Crippen molar-refractivity contribution in [3.8, 4) is 11.5 Å². The zero-order chi connectivity index (χ0) is 19.8. The van der Waals surface area contributed by atoms with Crippen LogP contribution in [-0.4, -0.2) is 40.5 Å². The Morgan fingerprint density at radius 1 is 1.11 bits per heavy atom. The minimum Gasteiger partial charge on any atom is -0.493 e. The Morgan fingerprint density at radius 3 is 2.64 bits per heavy atom. The summed E-state index contributed by atoms with van der Waals surface area (Å²) in [4.78, 5) is 11.2. The van der Waals surface area contributed by atoms with Gasteiger partial charge in [0.2, 0.25) is 0 Å². The predicted octanol–water partition coefficient (Wildman–Crippen LogP) is 3.88. The molecule has 0 unspecified atom stereocenters. The van der Waals surface area contributed by atoms with Crippen molar-refractivity contribution in [1.82, 2.24) is 14.8 Å². The zero-order valence-electron chi connectivity index (χ0n) is 16.0. The van der Waals surface area contributed by atoms with Crippen LogP contribution in [0, 0.1) is 0 Å². The van der Waals surface area contributed by atoms with E-state index in [0.29, 0.717) is 29.4 Å². The molecule has 28 heavy (non-hydrogen) atoms. The molecule has 0 fully saturated rings. The first kappa shape index (κ1) is 19.9. The van der Waals surface area contributed by atoms with Gasteiger partial charge in [0.1, 0.15) is 5.82 Å². The number of ether oxygens (including phenoxy) is 2. The zero-order valence-corrected chi connectivity index (χ0v) is 16.8. The molecule has 7 heteroatoms. The Labute approximate surface area is 168 Å². The van der Waals surface area contributed by atoms with E-state index in [-0.39, 0.29) is 0 Å². The Morgan fingerprint density at radius 2 is 1.93 bits per heavy atom. The molecule has 3 rings (SSSR count). The van der Waals surface area contributed by atoms with Crippen LogP contribution >= 0.6 is 11.8 Å². The number of benzene rings is 2. The number of hydrogen-bond donors (Lipinski definition) is 0. The second-order valence-electron chi connectivity index (χ2n) is 6.00. The second-order valence-corrected chi connectivity index (χ2v) is 7.06. The fourth-order valence-electron chi connectivity index (χ4n) is 2.87. The summed E-state index contributed by atoms with van der Waals surface area (Å²) < 4.78 is 13.2. The topological polar surface area (TPSA) is 66.2 Å². The summed E-state index contributed by atoms with van der Waals surface area (Å²) in [6, 6.07) is 15.5. The molecular formula is C21H23N3O3S. The Hall–Kier alpha value is -2.80. The van der Waals surface area contributed by atoms with E-state index in [1.165, 1.54) is 5.56 Å². The molecule has 0 spiro atoms. The van der Waals surface area contributed by atoms with Crippen molar-refractivity contribution in [1.29, 1.82) is 0 Å². The number of thioether (sulfide) groups is 1. The molecule has 0 aliphatic heterocycles. The van der Waals surface area contributed by atoms with Gasteiger partial charge in [0, 0.05) is 18.7 Å². The molecule has 0 N–H and O–H groups in total. The van der Waals surface area contributed by atoms with Gasteiger partial charge in [-0.3, -0.25) is 4.79 Å². The van der Waals surface area contributed by atoms with E-state index in [4.69, 9.17) is 9.47 Å². The van der Waals surface area contributed by atoms with Gasteiger partial charge in [-0.05, 0) is 24.6 Å². The fourth-order valence-corrected chi connectivity index (χ4v) is 3.71. The first-order valence-electron chi connectivity index (χ1n) is 9.10. The van der Waals surface area contributed by atoms with E-state index >= 15 is 0 Å². The summed E-state index contributed by atoms with van der Waals surface area (Å²) >= 11 is 1.58. The minimum atomic E-state index is 0.427. The van der Waals surface area contributed by atoms with Crippen molar-refractivity contribution in [3.63, 3.8) is 0 Å². The summed E-state index contributed by atoms with van der Waals surface area (Å²) in [5, 5.41) is 9.56. The van der Waals surface area contributed by atoms with Gasteiger partial charge in [0.15, 0.2) is 22.9 Å². The molecule has 0 aliphatic carbocycles. The van der Waals surface area contributed by atoms with E-state index in [9.17, 15) is 4.79 Å². The molecule has 3 aromatic rings. The molecule has 0 atom stereocenters. The predicted molar refractivity (Wildman–Crippen MR) is 110 cm³/mol. The number of methoxy groups -OCH3 is 1. The van der Waals surface area contributed by atoms with Gasteiger partial charge < -0.3 is 14.0 Å². The van der Waals surface area contributed by atoms with Crippen LogP contribution in [-0.2, 0) is 13.0 Å². The molecule has 1 aromatic heterocycles. The lowest BCUT2D eigenvalue weighted by atomic mass is 10.1. The summed E-state index contributed by atoms with van der Waals surface area (Å²) in [5.74, 6) is 2.66. The second kappa shape index (κ2) is 9.94. The van der Waals surface area contributed by atoms with Crippen LogP contribution in [0.1, 0.15) is 28.7 Å². The van der Waals surface area contributed by atoms with Crippen LogP contribution in [0.25, 0.3) is 0 Å². The van der Waals surface area contributed by atoms with Crippen molar-refractivity contribution in [2.75, 3.05) is 19.5 Å². The monoisotopic (exact) mass is 397 g/mol. The molecule has 2 aromatic carbocycles. The lowest BCUT2D eigenvalue weighted by molar-refractivity contribution is 0.111. The van der Waals surface area contributed by atoms with Crippen molar-refractivity contribution >= 4 is 18.0 Å². The highest BCUT2D eigenvalue weighted by Crippen LogP contribution is 2.30. The quantitative estimate of drug-likeness (QED) is 0.294. The van der Waals surface area contributed by atoms with Crippen molar-refractivity contribution in [3.05, 3.63) is 65.5 Å². The van der Waals surface area contributed by atoms with Crippen molar-refractivity contribution < 1.29 is 14.3 Å². The van der Waals surface area contributed by atoms with E-state index in [0.717, 1.165) is 30.2 Å². The number of para-hydroxylation sites is 1. The van der Waals surface area contributed by atoms with Crippen LogP contribution in [0.15, 0.2) is 53.7 Å². The van der Waals surface area contributed by atoms with Gasteiger partial charge in [-0.1, -0.05) is 48.2 Å². The number of nitrogens with zero attached hydrogens (tertiary/aromatic N) is 3. The number of aromatic nitrogens is 3. The van der Waals surface area contributed by atoms with Gasteiger partial charge in [0.25, 0.3) is 0 Å². The highest BCUT2D eigenvalue weighted by atomic mass is 32.2. The molecule has 0 saturated heterocycles. The highest BCUT2D eigenvalue weighted by molar-refractivity contribution is 7.99. The van der Waals surface area contributed by atoms with E-state index in [1.54, 1.807) is 37.1 Å². The van der Waals surface area contributed by atoms with Crippen LogP contribution < -0.4 is 9.47 Å². The lowest BCUT2D eigenvalue weighted by Crippen LogP contribution is -2.07. The molecule has 6 nitrogen and oxygen atoms in total. The smallest absolute Gasteiger partial charge is 0.191 e. The largest absolute Gasteiger partial charge is 0.493 e. The minimum absolute atomic E-state index is 0.427. The van der Waals surface area contributed by atoms with Gasteiger partial charge in [-0.25, -0.2) is 0 Å². The first-order valence-corrected chi connectivity index (χ1v) is 10.1. The maximum Gasteiger partial charge on any atom is 0.191 e. The standard InChI is InChI=1S/C21H23N3O3S/c1-3-24-19(14-16-8-5-4-6-9-16)22-23-21(24)28-13-12-27-20-17(15-25)10-7-11-18(20)26-2/h4-11,15H,3,12-14H2,1-2H3. The molecule has 0 radical (unpaired) electrons. The van der Waals surface area contributed by atoms with Crippen LogP contribution in [0.4, 0.5) is 0 Å². The van der Waals surface area contributed by atoms with E-state index in [1.807, 2.05) is 18.2 Å². The summed E-state index contributed by atoms with van der Waals surface area (Å²) in [5.41, 5.74) is 1.69. The van der Waals surface area contributed by atoms with Crippen LogP contribution in [0.2, 0.25) is 0 Å². The summed E-state index contributed by atoms with van der Waals surface area (Å²) in [6.45, 7) is 3.32. The third-order valence-corrected chi connectivity index (χ3v) is 5.16. The first-order chi connectivity index (χ1) is 13.8. The number of carbonyl (C=O) groups excluding carboxylic acids is 1. The average Bonchev–Trinajstić information content (AvgIpc) is 3.13. The SMILES string of the molecule is CCn1c(Cc2ccccc2)nnc1SCCOc1c(C=O)cccc1OC. The fraction of sp³-hybridized carbons (Fsp3) is 0.286. The molecule has 0 saturated carbocycles. The van der Waals surface area contributed by atoms with E-state index < -0.39 is 0 Å². The van der Waals surface area contributed by atoms with Gasteiger partial charge in [-0.2, -0.15) is 0 Å². The van der Waals surface area contributed by atoms with Gasteiger partial charge in [-0.15, -0.1) is 10.2 Å². The average molecular weight is 398 g/mol. The number of aldehydes is 1. The molecule has 146 valence electrons.